The molecule has 8 heteroatoms. The minimum atomic E-state index is -3.67. The molecule has 0 saturated carbocycles. The lowest BCUT2D eigenvalue weighted by atomic mass is 10.2. The number of hydrogen-bond acceptors (Lipinski definition) is 3. The molecule has 1 N–H and O–H groups in total. The Kier molecular flexibility index (Phi) is 5.45. The van der Waals surface area contributed by atoms with E-state index in [4.69, 9.17) is 11.6 Å². The first-order chi connectivity index (χ1) is 10.2. The smallest absolute Gasteiger partial charge is 0.282 e. The first kappa shape index (κ1) is 17.6. The van der Waals surface area contributed by atoms with Gasteiger partial charge in [0, 0.05) is 49.4 Å². The van der Waals surface area contributed by atoms with Crippen molar-refractivity contribution in [2.24, 2.45) is 0 Å². The van der Waals surface area contributed by atoms with Gasteiger partial charge in [-0.2, -0.15) is 17.0 Å². The molecule has 2 atom stereocenters. The van der Waals surface area contributed by atoms with E-state index in [0.29, 0.717) is 13.1 Å². The number of piperazine rings is 1. The van der Waals surface area contributed by atoms with E-state index in [1.807, 2.05) is 13.8 Å². The molecular weight excluding hydrogens is 329 g/mol. The predicted octanol–water partition coefficient (Wildman–Crippen LogP) is 1.84. The van der Waals surface area contributed by atoms with Gasteiger partial charge in [0.25, 0.3) is 10.2 Å². The summed E-state index contributed by atoms with van der Waals surface area (Å²) in [5, 5.41) is 3.46. The van der Waals surface area contributed by atoms with Crippen LogP contribution in [0.4, 0.5) is 4.39 Å². The van der Waals surface area contributed by atoms with E-state index in [9.17, 15) is 12.8 Å². The molecule has 0 bridgehead atoms. The topological polar surface area (TPSA) is 52.7 Å². The minimum Gasteiger partial charge on any atom is -0.311 e. The molecule has 124 valence electrons. The average molecular weight is 350 g/mol. The number of rotatable bonds is 4. The molecule has 5 nitrogen and oxygen atoms in total. The lowest BCUT2D eigenvalue weighted by molar-refractivity contribution is 0.229. The van der Waals surface area contributed by atoms with E-state index in [1.165, 1.54) is 23.5 Å². The molecule has 0 amide bonds. The summed E-state index contributed by atoms with van der Waals surface area (Å²) < 4.78 is 41.9. The highest BCUT2D eigenvalue weighted by atomic mass is 35.5. The molecule has 1 aliphatic rings. The van der Waals surface area contributed by atoms with Gasteiger partial charge < -0.3 is 5.32 Å². The quantitative estimate of drug-likeness (QED) is 0.902. The summed E-state index contributed by atoms with van der Waals surface area (Å²) in [6.07, 6.45) is 0. The lowest BCUT2D eigenvalue weighted by Gasteiger charge is -2.38. The SMILES string of the molecule is CC1CN(S(=O)(=O)N(C)Cc2c(F)cccc2Cl)C(C)CN1. The number of nitrogens with zero attached hydrogens (tertiary/aromatic N) is 2. The van der Waals surface area contributed by atoms with E-state index in [0.717, 1.165) is 4.31 Å². The Labute approximate surface area is 136 Å². The molecule has 1 heterocycles. The largest absolute Gasteiger partial charge is 0.311 e. The summed E-state index contributed by atoms with van der Waals surface area (Å²) in [4.78, 5) is 0. The van der Waals surface area contributed by atoms with Crippen molar-refractivity contribution in [1.82, 2.24) is 13.9 Å². The highest BCUT2D eigenvalue weighted by molar-refractivity contribution is 7.86. The molecule has 0 aliphatic carbocycles. The van der Waals surface area contributed by atoms with Crippen LogP contribution in [0.2, 0.25) is 5.02 Å². The number of nitrogens with one attached hydrogen (secondary N) is 1. The highest BCUT2D eigenvalue weighted by Crippen LogP contribution is 2.23. The van der Waals surface area contributed by atoms with Crippen molar-refractivity contribution in [3.8, 4) is 0 Å². The normalized spacial score (nSPS) is 23.9. The molecule has 1 fully saturated rings. The summed E-state index contributed by atoms with van der Waals surface area (Å²) in [7, 11) is -2.23. The fourth-order valence-electron chi connectivity index (χ4n) is 2.48. The number of halogens is 2. The molecule has 2 unspecified atom stereocenters. The molecule has 0 radical (unpaired) electrons. The van der Waals surface area contributed by atoms with E-state index in [-0.39, 0.29) is 29.2 Å². The maximum absolute atomic E-state index is 13.9. The Hall–Kier alpha value is -0.730. The summed E-state index contributed by atoms with van der Waals surface area (Å²) in [5.74, 6) is -0.503. The zero-order valence-corrected chi connectivity index (χ0v) is 14.5. The summed E-state index contributed by atoms with van der Waals surface area (Å²) >= 11 is 5.98. The first-order valence-corrected chi connectivity index (χ1v) is 8.90. The van der Waals surface area contributed by atoms with E-state index < -0.39 is 16.0 Å². The number of hydrogen-bond donors (Lipinski definition) is 1. The van der Waals surface area contributed by atoms with Crippen molar-refractivity contribution in [2.75, 3.05) is 20.1 Å². The van der Waals surface area contributed by atoms with Gasteiger partial charge in [0.15, 0.2) is 0 Å². The predicted molar refractivity (Wildman–Crippen MR) is 85.4 cm³/mol. The molecule has 1 aliphatic heterocycles. The van der Waals surface area contributed by atoms with Crippen LogP contribution in [0.25, 0.3) is 0 Å². The van der Waals surface area contributed by atoms with Crippen LogP contribution in [0.15, 0.2) is 18.2 Å². The Morgan fingerprint density at radius 1 is 1.45 bits per heavy atom. The van der Waals surface area contributed by atoms with Crippen LogP contribution in [-0.2, 0) is 16.8 Å². The summed E-state index contributed by atoms with van der Waals surface area (Å²) in [5.41, 5.74) is 0.186. The van der Waals surface area contributed by atoms with E-state index >= 15 is 0 Å². The maximum Gasteiger partial charge on any atom is 0.282 e. The minimum absolute atomic E-state index is 0.0800. The fraction of sp³-hybridized carbons (Fsp3) is 0.571. The molecule has 1 aromatic rings. The van der Waals surface area contributed by atoms with Gasteiger partial charge in [-0.15, -0.1) is 0 Å². The van der Waals surface area contributed by atoms with Crippen LogP contribution >= 0.6 is 11.6 Å². The second-order valence-electron chi connectivity index (χ2n) is 5.69. The van der Waals surface area contributed by atoms with Gasteiger partial charge in [-0.3, -0.25) is 0 Å². The van der Waals surface area contributed by atoms with Crippen LogP contribution < -0.4 is 5.32 Å². The third-order valence-electron chi connectivity index (χ3n) is 3.84. The van der Waals surface area contributed by atoms with Crippen molar-refractivity contribution in [3.63, 3.8) is 0 Å². The van der Waals surface area contributed by atoms with Crippen LogP contribution in [0, 0.1) is 5.82 Å². The zero-order valence-electron chi connectivity index (χ0n) is 12.9. The van der Waals surface area contributed by atoms with Crippen LogP contribution in [0.3, 0.4) is 0 Å². The van der Waals surface area contributed by atoms with Gasteiger partial charge in [0.1, 0.15) is 5.82 Å². The van der Waals surface area contributed by atoms with Gasteiger partial charge in [0.05, 0.1) is 0 Å². The van der Waals surface area contributed by atoms with Crippen molar-refractivity contribution in [2.45, 2.75) is 32.5 Å². The fourth-order valence-corrected chi connectivity index (χ4v) is 4.29. The van der Waals surface area contributed by atoms with E-state index in [2.05, 4.69) is 5.32 Å². The average Bonchev–Trinajstić information content (AvgIpc) is 2.45. The zero-order chi connectivity index (χ0) is 16.5. The van der Waals surface area contributed by atoms with Crippen molar-refractivity contribution in [3.05, 3.63) is 34.6 Å². The van der Waals surface area contributed by atoms with Crippen LogP contribution in [-0.4, -0.2) is 49.2 Å². The molecule has 22 heavy (non-hydrogen) atoms. The number of benzene rings is 1. The molecule has 1 saturated heterocycles. The van der Waals surface area contributed by atoms with Crippen molar-refractivity contribution >= 4 is 21.8 Å². The van der Waals surface area contributed by atoms with Gasteiger partial charge in [-0.25, -0.2) is 4.39 Å². The van der Waals surface area contributed by atoms with E-state index in [1.54, 1.807) is 6.07 Å². The molecule has 0 spiro atoms. The molecule has 1 aromatic carbocycles. The summed E-state index contributed by atoms with van der Waals surface area (Å²) in [6, 6.07) is 4.25. The highest BCUT2D eigenvalue weighted by Gasteiger charge is 2.35. The monoisotopic (exact) mass is 349 g/mol. The van der Waals surface area contributed by atoms with Gasteiger partial charge in [0.2, 0.25) is 0 Å². The second kappa shape index (κ2) is 6.80. The standard InChI is InChI=1S/C14H21ClFN3O2S/c1-10-8-19(11(2)7-17-10)22(20,21)18(3)9-12-13(15)5-4-6-14(12)16/h4-6,10-11,17H,7-9H2,1-3H3. The van der Waals surface area contributed by atoms with Gasteiger partial charge in [-0.05, 0) is 26.0 Å². The Balaban J connectivity index is 2.22. The van der Waals surface area contributed by atoms with Gasteiger partial charge in [-0.1, -0.05) is 17.7 Å². The lowest BCUT2D eigenvalue weighted by Crippen LogP contribution is -2.58. The van der Waals surface area contributed by atoms with Crippen molar-refractivity contribution < 1.29 is 12.8 Å². The summed E-state index contributed by atoms with van der Waals surface area (Å²) in [6.45, 7) is 4.66. The van der Waals surface area contributed by atoms with Gasteiger partial charge >= 0.3 is 0 Å². The Bertz CT molecular complexity index is 621. The molecule has 2 rings (SSSR count). The first-order valence-electron chi connectivity index (χ1n) is 7.13. The van der Waals surface area contributed by atoms with Crippen LogP contribution in [0.1, 0.15) is 19.4 Å². The van der Waals surface area contributed by atoms with Crippen molar-refractivity contribution in [1.29, 1.82) is 0 Å². The third-order valence-corrected chi connectivity index (χ3v) is 6.21. The second-order valence-corrected chi connectivity index (χ2v) is 8.09. The van der Waals surface area contributed by atoms with Crippen LogP contribution in [0.5, 0.6) is 0 Å². The third kappa shape index (κ3) is 3.60. The Morgan fingerprint density at radius 3 is 2.77 bits per heavy atom. The maximum atomic E-state index is 13.9. The molecular formula is C14H21ClFN3O2S. The molecule has 0 aromatic heterocycles. The Morgan fingerprint density at radius 2 is 2.14 bits per heavy atom.